The van der Waals surface area contributed by atoms with E-state index in [1.54, 1.807) is 12.1 Å². The molecule has 2 aromatic rings. The SMILES string of the molecule is O=[N+]([O-])c1ccc(CO)cc1N1CCC(C(O)c2ccccc2)CC1. The Balaban J connectivity index is 1.73. The molecule has 1 aliphatic rings. The monoisotopic (exact) mass is 342 g/mol. The van der Waals surface area contributed by atoms with E-state index in [4.69, 9.17) is 0 Å². The smallest absolute Gasteiger partial charge is 0.292 e. The highest BCUT2D eigenvalue weighted by Gasteiger charge is 2.29. The van der Waals surface area contributed by atoms with Crippen LogP contribution in [0.3, 0.4) is 0 Å². The van der Waals surface area contributed by atoms with Gasteiger partial charge >= 0.3 is 0 Å². The number of nitro benzene ring substituents is 1. The molecule has 0 saturated carbocycles. The molecule has 2 N–H and O–H groups in total. The van der Waals surface area contributed by atoms with Crippen LogP contribution in [0.4, 0.5) is 11.4 Å². The van der Waals surface area contributed by atoms with E-state index in [1.807, 2.05) is 35.2 Å². The summed E-state index contributed by atoms with van der Waals surface area (Å²) in [6.07, 6.45) is 1.01. The number of rotatable bonds is 5. The van der Waals surface area contributed by atoms with Crippen LogP contribution >= 0.6 is 0 Å². The van der Waals surface area contributed by atoms with Gasteiger partial charge in [0.25, 0.3) is 5.69 Å². The van der Waals surface area contributed by atoms with Gasteiger partial charge < -0.3 is 15.1 Å². The molecule has 0 aromatic heterocycles. The van der Waals surface area contributed by atoms with Crippen LogP contribution in [0.1, 0.15) is 30.1 Å². The molecule has 0 radical (unpaired) electrons. The summed E-state index contributed by atoms with van der Waals surface area (Å²) in [5.41, 5.74) is 2.17. The molecule has 1 atom stereocenters. The zero-order valence-electron chi connectivity index (χ0n) is 13.9. The highest BCUT2D eigenvalue weighted by molar-refractivity contribution is 5.64. The average Bonchev–Trinajstić information content (AvgIpc) is 2.67. The summed E-state index contributed by atoms with van der Waals surface area (Å²) in [4.78, 5) is 12.9. The molecule has 0 amide bonds. The summed E-state index contributed by atoms with van der Waals surface area (Å²) in [7, 11) is 0. The van der Waals surface area contributed by atoms with Gasteiger partial charge in [0.2, 0.25) is 0 Å². The Kier molecular flexibility index (Phi) is 5.31. The molecule has 2 aromatic carbocycles. The lowest BCUT2D eigenvalue weighted by Gasteiger charge is -2.35. The minimum absolute atomic E-state index is 0.0549. The van der Waals surface area contributed by atoms with Crippen LogP contribution in [-0.4, -0.2) is 28.2 Å². The summed E-state index contributed by atoms with van der Waals surface area (Å²) in [5, 5.41) is 31.2. The fourth-order valence-corrected chi connectivity index (χ4v) is 3.45. The van der Waals surface area contributed by atoms with Crippen molar-refractivity contribution in [2.24, 2.45) is 5.92 Å². The highest BCUT2D eigenvalue weighted by Crippen LogP contribution is 2.36. The second-order valence-electron chi connectivity index (χ2n) is 6.42. The Hall–Kier alpha value is -2.44. The van der Waals surface area contributed by atoms with Crippen molar-refractivity contribution in [3.63, 3.8) is 0 Å². The Bertz CT molecular complexity index is 727. The number of nitro groups is 1. The number of nitrogens with zero attached hydrogens (tertiary/aromatic N) is 2. The van der Waals surface area contributed by atoms with Crippen LogP contribution in [0.25, 0.3) is 0 Å². The van der Waals surface area contributed by atoms with Gasteiger partial charge in [-0.3, -0.25) is 10.1 Å². The first kappa shape index (κ1) is 17.4. The first-order valence-electron chi connectivity index (χ1n) is 8.46. The van der Waals surface area contributed by atoms with E-state index in [0.29, 0.717) is 24.3 Å². The summed E-state index contributed by atoms with van der Waals surface area (Å²) in [5.74, 6) is 0.138. The number of aliphatic hydroxyl groups is 2. The Morgan fingerprint density at radius 3 is 2.44 bits per heavy atom. The molecule has 0 spiro atoms. The van der Waals surface area contributed by atoms with Crippen LogP contribution in [0.15, 0.2) is 48.5 Å². The third-order valence-corrected chi connectivity index (χ3v) is 4.89. The van der Waals surface area contributed by atoms with Crippen LogP contribution in [-0.2, 0) is 6.61 Å². The van der Waals surface area contributed by atoms with Crippen LogP contribution < -0.4 is 4.90 Å². The van der Waals surface area contributed by atoms with Gasteiger partial charge in [-0.15, -0.1) is 0 Å². The molecule has 0 aliphatic carbocycles. The number of hydrogen-bond donors (Lipinski definition) is 2. The zero-order valence-corrected chi connectivity index (χ0v) is 13.9. The number of aliphatic hydroxyl groups excluding tert-OH is 2. The van der Waals surface area contributed by atoms with E-state index in [1.165, 1.54) is 6.07 Å². The van der Waals surface area contributed by atoms with Gasteiger partial charge in [-0.2, -0.15) is 0 Å². The molecular weight excluding hydrogens is 320 g/mol. The minimum atomic E-state index is -0.512. The molecule has 132 valence electrons. The molecule has 25 heavy (non-hydrogen) atoms. The van der Waals surface area contributed by atoms with Crippen molar-refractivity contribution < 1.29 is 15.1 Å². The first-order valence-corrected chi connectivity index (χ1v) is 8.46. The average molecular weight is 342 g/mol. The Labute approximate surface area is 146 Å². The fraction of sp³-hybridized carbons (Fsp3) is 0.368. The van der Waals surface area contributed by atoms with Gasteiger partial charge in [0.05, 0.1) is 17.6 Å². The highest BCUT2D eigenvalue weighted by atomic mass is 16.6. The van der Waals surface area contributed by atoms with Gasteiger partial charge in [0.1, 0.15) is 5.69 Å². The molecular formula is C19H22N2O4. The molecule has 6 heteroatoms. The number of benzene rings is 2. The van der Waals surface area contributed by atoms with E-state index in [2.05, 4.69) is 0 Å². The first-order chi connectivity index (χ1) is 12.1. The molecule has 3 rings (SSSR count). The lowest BCUT2D eigenvalue weighted by atomic mass is 9.87. The van der Waals surface area contributed by atoms with E-state index in [9.17, 15) is 20.3 Å². The predicted octanol–water partition coefficient (Wildman–Crippen LogP) is 3.04. The standard InChI is InChI=1S/C19H22N2O4/c22-13-14-6-7-17(21(24)25)18(12-14)20-10-8-16(9-11-20)19(23)15-4-2-1-3-5-15/h1-7,12,16,19,22-23H,8-11,13H2. The van der Waals surface area contributed by atoms with Gasteiger partial charge in [-0.25, -0.2) is 0 Å². The molecule has 1 saturated heterocycles. The topological polar surface area (TPSA) is 86.8 Å². The normalized spacial score (nSPS) is 16.6. The van der Waals surface area contributed by atoms with Crippen molar-refractivity contribution in [3.05, 3.63) is 69.8 Å². The van der Waals surface area contributed by atoms with Gasteiger partial charge in [-0.1, -0.05) is 30.3 Å². The van der Waals surface area contributed by atoms with E-state index in [-0.39, 0.29) is 23.1 Å². The van der Waals surface area contributed by atoms with Crippen LogP contribution in [0, 0.1) is 16.0 Å². The largest absolute Gasteiger partial charge is 0.392 e. The van der Waals surface area contributed by atoms with Gasteiger partial charge in [-0.05, 0) is 42.0 Å². The molecule has 1 fully saturated rings. The maximum Gasteiger partial charge on any atom is 0.292 e. The molecule has 1 heterocycles. The third kappa shape index (κ3) is 3.81. The Morgan fingerprint density at radius 1 is 1.16 bits per heavy atom. The number of piperidine rings is 1. The predicted molar refractivity (Wildman–Crippen MR) is 95.4 cm³/mol. The zero-order chi connectivity index (χ0) is 17.8. The molecule has 6 nitrogen and oxygen atoms in total. The minimum Gasteiger partial charge on any atom is -0.392 e. The fourth-order valence-electron chi connectivity index (χ4n) is 3.45. The lowest BCUT2D eigenvalue weighted by molar-refractivity contribution is -0.384. The van der Waals surface area contributed by atoms with Crippen molar-refractivity contribution in [2.45, 2.75) is 25.6 Å². The third-order valence-electron chi connectivity index (χ3n) is 4.89. The summed E-state index contributed by atoms with van der Waals surface area (Å²) < 4.78 is 0. The lowest BCUT2D eigenvalue weighted by Crippen LogP contribution is -2.36. The second kappa shape index (κ2) is 7.63. The molecule has 1 unspecified atom stereocenters. The van der Waals surface area contributed by atoms with E-state index < -0.39 is 6.10 Å². The van der Waals surface area contributed by atoms with Crippen LogP contribution in [0.2, 0.25) is 0 Å². The van der Waals surface area contributed by atoms with Crippen molar-refractivity contribution in [1.29, 1.82) is 0 Å². The second-order valence-corrected chi connectivity index (χ2v) is 6.42. The van der Waals surface area contributed by atoms with Crippen LogP contribution in [0.5, 0.6) is 0 Å². The quantitative estimate of drug-likeness (QED) is 0.644. The van der Waals surface area contributed by atoms with Crippen molar-refractivity contribution in [3.8, 4) is 0 Å². The molecule has 1 aliphatic heterocycles. The summed E-state index contributed by atoms with van der Waals surface area (Å²) in [6.45, 7) is 1.14. The van der Waals surface area contributed by atoms with Gasteiger partial charge in [0, 0.05) is 19.2 Å². The maximum absolute atomic E-state index is 11.3. The maximum atomic E-state index is 11.3. The van der Waals surface area contributed by atoms with Gasteiger partial charge in [0.15, 0.2) is 0 Å². The summed E-state index contributed by atoms with van der Waals surface area (Å²) >= 11 is 0. The Morgan fingerprint density at radius 2 is 1.84 bits per heavy atom. The van der Waals surface area contributed by atoms with Crippen molar-refractivity contribution in [1.82, 2.24) is 0 Å². The van der Waals surface area contributed by atoms with Crippen molar-refractivity contribution in [2.75, 3.05) is 18.0 Å². The molecule has 0 bridgehead atoms. The van der Waals surface area contributed by atoms with Crippen molar-refractivity contribution >= 4 is 11.4 Å². The van der Waals surface area contributed by atoms with E-state index >= 15 is 0 Å². The number of anilines is 1. The number of hydrogen-bond acceptors (Lipinski definition) is 5. The summed E-state index contributed by atoms with van der Waals surface area (Å²) in [6, 6.07) is 14.3. The van der Waals surface area contributed by atoms with E-state index in [0.717, 1.165) is 18.4 Å².